The number of carbonyl (C=O) groups is 1. The molecule has 318 valence electrons. The van der Waals surface area contributed by atoms with E-state index >= 15 is 0 Å². The van der Waals surface area contributed by atoms with E-state index in [4.69, 9.17) is 0 Å². The van der Waals surface area contributed by atoms with Crippen molar-refractivity contribution in [3.05, 3.63) is 89.5 Å². The van der Waals surface area contributed by atoms with Gasteiger partial charge >= 0.3 is 5.51 Å². The van der Waals surface area contributed by atoms with Gasteiger partial charge in [-0.15, -0.1) is 11.8 Å². The lowest BCUT2D eigenvalue weighted by Gasteiger charge is -2.39. The summed E-state index contributed by atoms with van der Waals surface area (Å²) in [6, 6.07) is 19.2. The maximum Gasteiger partial charge on any atom is 0.501 e. The van der Waals surface area contributed by atoms with Crippen LogP contribution in [-0.2, 0) is 20.8 Å². The molecule has 9 nitrogen and oxygen atoms in total. The van der Waals surface area contributed by atoms with Crippen LogP contribution >= 0.6 is 11.8 Å². The summed E-state index contributed by atoms with van der Waals surface area (Å²) in [5.74, 6) is -0.263. The van der Waals surface area contributed by atoms with Gasteiger partial charge in [-0.2, -0.15) is 13.2 Å². The van der Waals surface area contributed by atoms with Crippen molar-refractivity contribution in [1.82, 2.24) is 14.5 Å². The minimum atomic E-state index is -5.86. The van der Waals surface area contributed by atoms with Crippen LogP contribution in [0.1, 0.15) is 76.1 Å². The number of halogens is 3. The zero-order valence-corrected chi connectivity index (χ0v) is 36.7. The van der Waals surface area contributed by atoms with E-state index in [1.165, 1.54) is 62.4 Å². The summed E-state index contributed by atoms with van der Waals surface area (Å²) in [5.41, 5.74) is -1.05. The Morgan fingerprint density at radius 3 is 2.31 bits per heavy atom. The molecule has 1 aliphatic heterocycles. The first-order valence-corrected chi connectivity index (χ1v) is 23.6. The first-order valence-electron chi connectivity index (χ1n) is 20.0. The Morgan fingerprint density at radius 1 is 0.983 bits per heavy atom. The van der Waals surface area contributed by atoms with Crippen molar-refractivity contribution in [3.63, 3.8) is 0 Å². The quantitative estimate of drug-likeness (QED) is 0.0961. The van der Waals surface area contributed by atoms with Gasteiger partial charge in [0.2, 0.25) is 0 Å². The van der Waals surface area contributed by atoms with Crippen LogP contribution in [-0.4, -0.2) is 99.0 Å². The molecule has 2 aliphatic rings. The molecular formula is C43H58F3N5O4S3. The first-order chi connectivity index (χ1) is 27.5. The van der Waals surface area contributed by atoms with Crippen LogP contribution in [0.2, 0.25) is 0 Å². The van der Waals surface area contributed by atoms with Gasteiger partial charge in [-0.05, 0) is 119 Å². The van der Waals surface area contributed by atoms with Gasteiger partial charge in [0, 0.05) is 60.7 Å². The molecule has 2 N–H and O–H groups in total. The fourth-order valence-corrected chi connectivity index (χ4v) is 10.2. The van der Waals surface area contributed by atoms with Crippen molar-refractivity contribution < 1.29 is 30.6 Å². The number of nitrogens with one attached hydrogen (secondary N) is 2. The molecule has 0 saturated carbocycles. The molecule has 1 amide bonds. The van der Waals surface area contributed by atoms with E-state index in [-0.39, 0.29) is 16.1 Å². The summed E-state index contributed by atoms with van der Waals surface area (Å²) in [4.78, 5) is 19.6. The highest BCUT2D eigenvalue weighted by atomic mass is 32.2. The highest BCUT2D eigenvalue weighted by Gasteiger charge is 2.48. The van der Waals surface area contributed by atoms with Gasteiger partial charge < -0.3 is 15.1 Å². The van der Waals surface area contributed by atoms with Gasteiger partial charge in [0.15, 0.2) is 11.0 Å². The van der Waals surface area contributed by atoms with E-state index in [1.807, 2.05) is 61.5 Å². The average Bonchev–Trinajstić information content (AvgIpc) is 3.19. The Bertz CT molecular complexity index is 2000. The van der Waals surface area contributed by atoms with Crippen molar-refractivity contribution in [2.24, 2.45) is 5.41 Å². The SMILES string of the molecule is CCCCC1=C(CN2CCN(c3ccc(C(=O)NS(=O)c4ccc(NC(CCN(C)C)CSc5ccccc5)c(S(=O)(=O)C(F)(F)F)c4)cc3)CC2)CCC(C)(C)C1. The zero-order valence-electron chi connectivity index (χ0n) is 34.2. The van der Waals surface area contributed by atoms with E-state index in [1.54, 1.807) is 23.3 Å². The molecule has 15 heteroatoms. The summed E-state index contributed by atoms with van der Waals surface area (Å²) in [5, 5.41) is 3.03. The number of thioether (sulfide) groups is 1. The normalized spacial score (nSPS) is 17.6. The number of nitrogens with zero attached hydrogens (tertiary/aromatic N) is 3. The largest absolute Gasteiger partial charge is 0.501 e. The Hall–Kier alpha value is -3.37. The monoisotopic (exact) mass is 861 g/mol. The van der Waals surface area contributed by atoms with Gasteiger partial charge in [-0.1, -0.05) is 56.5 Å². The highest BCUT2D eigenvalue weighted by molar-refractivity contribution is 7.99. The molecule has 0 radical (unpaired) electrons. The van der Waals surface area contributed by atoms with Gasteiger partial charge in [0.05, 0.1) is 10.6 Å². The van der Waals surface area contributed by atoms with Crippen molar-refractivity contribution in [2.45, 2.75) is 92.0 Å². The molecule has 1 saturated heterocycles. The smallest absolute Gasteiger partial charge is 0.380 e. The second-order valence-corrected chi connectivity index (χ2v) is 20.5. The second-order valence-electron chi connectivity index (χ2n) is 16.3. The van der Waals surface area contributed by atoms with Crippen LogP contribution < -0.4 is 14.9 Å². The van der Waals surface area contributed by atoms with E-state index in [0.717, 1.165) is 49.4 Å². The van der Waals surface area contributed by atoms with Crippen LogP contribution in [0.5, 0.6) is 0 Å². The third kappa shape index (κ3) is 12.6. The van der Waals surface area contributed by atoms with Crippen LogP contribution in [0.25, 0.3) is 0 Å². The first kappa shape index (κ1) is 45.7. The predicted molar refractivity (Wildman–Crippen MR) is 231 cm³/mol. The molecule has 1 aliphatic carbocycles. The van der Waals surface area contributed by atoms with E-state index in [9.17, 15) is 30.6 Å². The van der Waals surface area contributed by atoms with Gasteiger partial charge in [-0.25, -0.2) is 12.6 Å². The zero-order chi connectivity index (χ0) is 42.1. The number of sulfone groups is 1. The lowest BCUT2D eigenvalue weighted by atomic mass is 9.73. The van der Waals surface area contributed by atoms with E-state index < -0.39 is 43.2 Å². The number of amides is 1. The number of unbranched alkanes of at least 4 members (excludes halogenated alkanes) is 1. The maximum atomic E-state index is 14.0. The minimum absolute atomic E-state index is 0.212. The molecule has 3 aromatic carbocycles. The Balaban J connectivity index is 1.23. The molecule has 2 unspecified atom stereocenters. The number of benzene rings is 3. The van der Waals surface area contributed by atoms with E-state index in [0.29, 0.717) is 24.1 Å². The van der Waals surface area contributed by atoms with Crippen molar-refractivity contribution in [3.8, 4) is 0 Å². The Kier molecular flexibility index (Phi) is 16.0. The number of hydrogen-bond donors (Lipinski definition) is 2. The highest BCUT2D eigenvalue weighted by Crippen LogP contribution is 2.41. The Labute approximate surface area is 349 Å². The van der Waals surface area contributed by atoms with Crippen molar-refractivity contribution >= 4 is 49.9 Å². The van der Waals surface area contributed by atoms with Crippen molar-refractivity contribution in [1.29, 1.82) is 0 Å². The van der Waals surface area contributed by atoms with Gasteiger partial charge in [-0.3, -0.25) is 14.4 Å². The molecule has 2 atom stereocenters. The van der Waals surface area contributed by atoms with Gasteiger partial charge in [0.1, 0.15) is 4.90 Å². The third-order valence-corrected chi connectivity index (χ3v) is 14.6. The molecule has 58 heavy (non-hydrogen) atoms. The predicted octanol–water partition coefficient (Wildman–Crippen LogP) is 8.78. The summed E-state index contributed by atoms with van der Waals surface area (Å²) in [7, 11) is -4.48. The number of anilines is 2. The number of alkyl halides is 3. The lowest BCUT2D eigenvalue weighted by Crippen LogP contribution is -2.47. The second kappa shape index (κ2) is 20.3. The van der Waals surface area contributed by atoms with Gasteiger partial charge in [0.25, 0.3) is 15.7 Å². The minimum Gasteiger partial charge on any atom is -0.380 e. The van der Waals surface area contributed by atoms with Crippen LogP contribution in [0.3, 0.4) is 0 Å². The number of piperazine rings is 1. The summed E-state index contributed by atoms with van der Waals surface area (Å²) in [6.07, 6.45) is 7.72. The molecule has 0 spiro atoms. The lowest BCUT2D eigenvalue weighted by molar-refractivity contribution is -0.0435. The van der Waals surface area contributed by atoms with E-state index in [2.05, 4.69) is 40.6 Å². The molecule has 5 rings (SSSR count). The standard InChI is InChI=1S/C43H58F3N5O4S3/c1-6-7-11-33-29-42(2,3)22-20-34(33)30-50-24-26-51(27-25-50)36-16-14-32(15-17-36)41(52)48-57(53)38-18-19-39(40(28-38)58(54,55)43(44,45)46)47-35(21-23-49(4)5)31-56-37-12-9-8-10-13-37/h8-10,12-19,28,35,47H,6-7,11,20-27,29-31H2,1-5H3,(H,48,52). The molecule has 3 aromatic rings. The topological polar surface area (TPSA) is 102 Å². The fraction of sp³-hybridized carbons (Fsp3) is 0.512. The average molecular weight is 862 g/mol. The van der Waals surface area contributed by atoms with Crippen molar-refractivity contribution in [2.75, 3.05) is 69.3 Å². The summed E-state index contributed by atoms with van der Waals surface area (Å²) < 4.78 is 83.5. The Morgan fingerprint density at radius 2 is 1.67 bits per heavy atom. The summed E-state index contributed by atoms with van der Waals surface area (Å²) in [6.45, 7) is 12.2. The van der Waals surface area contributed by atoms with Crippen LogP contribution in [0.4, 0.5) is 24.5 Å². The fourth-order valence-electron chi connectivity index (χ4n) is 7.39. The number of allylic oxidation sites excluding steroid dienone is 1. The summed E-state index contributed by atoms with van der Waals surface area (Å²) >= 11 is 1.49. The molecular weight excluding hydrogens is 804 g/mol. The molecule has 0 bridgehead atoms. The van der Waals surface area contributed by atoms with Crippen LogP contribution in [0.15, 0.2) is 98.6 Å². The maximum absolute atomic E-state index is 14.0. The molecule has 1 fully saturated rings. The number of rotatable bonds is 18. The third-order valence-electron chi connectivity index (χ3n) is 10.8. The van der Waals surface area contributed by atoms with Crippen LogP contribution in [0, 0.1) is 5.41 Å². The molecule has 1 heterocycles. The number of hydrogen-bond acceptors (Lipinski definition) is 9. The molecule has 0 aromatic heterocycles. The number of carbonyl (C=O) groups excluding carboxylic acids is 1.